The van der Waals surface area contributed by atoms with Crippen molar-refractivity contribution in [2.45, 2.75) is 0 Å². The Bertz CT molecular complexity index is 365. The fourth-order valence-corrected chi connectivity index (χ4v) is 1.65. The number of benzene rings is 1. The van der Waals surface area contributed by atoms with Crippen LogP contribution in [0.4, 0.5) is 4.39 Å². The van der Waals surface area contributed by atoms with Gasteiger partial charge in [-0.15, -0.1) is 0 Å². The first-order valence-corrected chi connectivity index (χ1v) is 4.98. The molecule has 1 heterocycles. The molecule has 2 rings (SSSR count). The lowest BCUT2D eigenvalue weighted by Gasteiger charge is -2.03. The van der Waals surface area contributed by atoms with Crippen molar-refractivity contribution in [1.82, 2.24) is 0 Å². The van der Waals surface area contributed by atoms with Crippen LogP contribution >= 0.6 is 22.6 Å². The third kappa shape index (κ3) is 1.82. The molecule has 0 bridgehead atoms. The quantitative estimate of drug-likeness (QED) is 0.727. The monoisotopic (exact) mass is 291 g/mol. The minimum absolute atomic E-state index is 0.277. The summed E-state index contributed by atoms with van der Waals surface area (Å²) in [4.78, 5) is 4.06. The van der Waals surface area contributed by atoms with Gasteiger partial charge >= 0.3 is 0 Å². The summed E-state index contributed by atoms with van der Waals surface area (Å²) in [6.07, 6.45) is 0. The second kappa shape index (κ2) is 3.61. The maximum Gasteiger partial charge on any atom is 0.219 e. The van der Waals surface area contributed by atoms with Crippen LogP contribution in [0.15, 0.2) is 23.2 Å². The van der Waals surface area contributed by atoms with E-state index in [4.69, 9.17) is 4.74 Å². The van der Waals surface area contributed by atoms with E-state index in [2.05, 4.69) is 27.6 Å². The molecule has 0 amide bonds. The molecular weight excluding hydrogens is 284 g/mol. The molecular formula is C9H7FINO. The number of hydrogen-bond acceptors (Lipinski definition) is 2. The van der Waals surface area contributed by atoms with Gasteiger partial charge in [0.25, 0.3) is 0 Å². The zero-order valence-corrected chi connectivity index (χ0v) is 8.92. The molecule has 68 valence electrons. The molecule has 1 aliphatic rings. The van der Waals surface area contributed by atoms with Crippen LogP contribution in [-0.4, -0.2) is 19.0 Å². The van der Waals surface area contributed by atoms with Crippen LogP contribution in [0.3, 0.4) is 0 Å². The fourth-order valence-electron chi connectivity index (χ4n) is 1.16. The Morgan fingerprint density at radius 3 is 3.00 bits per heavy atom. The summed E-state index contributed by atoms with van der Waals surface area (Å²) in [6.45, 7) is 1.18. The van der Waals surface area contributed by atoms with Crippen LogP contribution in [0.25, 0.3) is 0 Å². The fraction of sp³-hybridized carbons (Fsp3) is 0.222. The van der Waals surface area contributed by atoms with Crippen LogP contribution in [0, 0.1) is 9.39 Å². The second-order valence-electron chi connectivity index (χ2n) is 2.66. The van der Waals surface area contributed by atoms with E-state index in [9.17, 15) is 4.39 Å². The molecule has 0 aromatic heterocycles. The van der Waals surface area contributed by atoms with Crippen LogP contribution in [0.1, 0.15) is 5.56 Å². The van der Waals surface area contributed by atoms with Crippen molar-refractivity contribution in [3.63, 3.8) is 0 Å². The number of rotatable bonds is 1. The number of aliphatic imine (C=N–C) groups is 1. The lowest BCUT2D eigenvalue weighted by molar-refractivity contribution is 0.347. The molecule has 0 radical (unpaired) electrons. The summed E-state index contributed by atoms with van der Waals surface area (Å²) in [7, 11) is 0. The summed E-state index contributed by atoms with van der Waals surface area (Å²) < 4.78 is 19.4. The lowest BCUT2D eigenvalue weighted by atomic mass is 10.2. The number of halogens is 2. The van der Waals surface area contributed by atoms with E-state index in [1.807, 2.05) is 0 Å². The van der Waals surface area contributed by atoms with Crippen molar-refractivity contribution in [1.29, 1.82) is 0 Å². The molecule has 0 fully saturated rings. The Hall–Kier alpha value is -0.650. The van der Waals surface area contributed by atoms with E-state index in [1.165, 1.54) is 6.07 Å². The third-order valence-corrected chi connectivity index (χ3v) is 2.42. The van der Waals surface area contributed by atoms with E-state index in [0.29, 0.717) is 24.6 Å². The first kappa shape index (κ1) is 8.93. The van der Waals surface area contributed by atoms with E-state index >= 15 is 0 Å². The Kier molecular flexibility index (Phi) is 2.48. The van der Waals surface area contributed by atoms with Crippen molar-refractivity contribution >= 4 is 28.5 Å². The summed E-state index contributed by atoms with van der Waals surface area (Å²) >= 11 is 2.13. The van der Waals surface area contributed by atoms with E-state index in [1.54, 1.807) is 12.1 Å². The van der Waals surface area contributed by atoms with Crippen molar-refractivity contribution in [2.75, 3.05) is 13.2 Å². The van der Waals surface area contributed by atoms with Gasteiger partial charge in [-0.2, -0.15) is 0 Å². The minimum Gasteiger partial charge on any atom is -0.475 e. The highest BCUT2D eigenvalue weighted by molar-refractivity contribution is 14.1. The Labute approximate surface area is 89.0 Å². The maximum absolute atomic E-state index is 13.3. The molecule has 1 aromatic rings. The first-order chi connectivity index (χ1) is 6.27. The summed E-state index contributed by atoms with van der Waals surface area (Å²) in [5.74, 6) is 0.150. The molecule has 13 heavy (non-hydrogen) atoms. The normalized spacial score (nSPS) is 15.4. The van der Waals surface area contributed by atoms with Gasteiger partial charge in [-0.25, -0.2) is 9.38 Å². The topological polar surface area (TPSA) is 21.6 Å². The van der Waals surface area contributed by atoms with Crippen LogP contribution < -0.4 is 0 Å². The molecule has 0 unspecified atom stereocenters. The van der Waals surface area contributed by atoms with Gasteiger partial charge in [-0.05, 0) is 40.8 Å². The largest absolute Gasteiger partial charge is 0.475 e. The van der Waals surface area contributed by atoms with Gasteiger partial charge in [0.15, 0.2) is 0 Å². The predicted molar refractivity (Wildman–Crippen MR) is 56.5 cm³/mol. The van der Waals surface area contributed by atoms with Gasteiger partial charge in [0.2, 0.25) is 5.90 Å². The minimum atomic E-state index is -0.277. The van der Waals surface area contributed by atoms with Gasteiger partial charge in [0.05, 0.1) is 12.1 Å². The highest BCUT2D eigenvalue weighted by atomic mass is 127. The average Bonchev–Trinajstić information content (AvgIpc) is 2.61. The molecule has 1 aliphatic heterocycles. The third-order valence-electron chi connectivity index (χ3n) is 1.74. The van der Waals surface area contributed by atoms with Gasteiger partial charge in [-0.1, -0.05) is 0 Å². The van der Waals surface area contributed by atoms with E-state index < -0.39 is 0 Å². The predicted octanol–water partition coefficient (Wildman–Crippen LogP) is 2.21. The molecule has 0 atom stereocenters. The molecule has 0 N–H and O–H groups in total. The molecule has 1 aromatic carbocycles. The van der Waals surface area contributed by atoms with Crippen LogP contribution in [0.2, 0.25) is 0 Å². The number of nitrogens with zero attached hydrogens (tertiary/aromatic N) is 1. The van der Waals surface area contributed by atoms with Crippen LogP contribution in [0.5, 0.6) is 0 Å². The van der Waals surface area contributed by atoms with Crippen molar-refractivity contribution in [3.8, 4) is 0 Å². The average molecular weight is 291 g/mol. The van der Waals surface area contributed by atoms with Gasteiger partial charge in [-0.3, -0.25) is 0 Å². The van der Waals surface area contributed by atoms with Gasteiger partial charge < -0.3 is 4.74 Å². The van der Waals surface area contributed by atoms with Crippen LogP contribution in [-0.2, 0) is 4.74 Å². The molecule has 2 nitrogen and oxygen atoms in total. The van der Waals surface area contributed by atoms with E-state index in [-0.39, 0.29) is 5.82 Å². The second-order valence-corrected chi connectivity index (χ2v) is 3.91. The number of ether oxygens (including phenoxy) is 1. The number of hydrogen-bond donors (Lipinski definition) is 0. The molecule has 0 saturated heterocycles. The lowest BCUT2D eigenvalue weighted by Crippen LogP contribution is -2.04. The highest BCUT2D eigenvalue weighted by Gasteiger charge is 2.14. The molecule has 0 aliphatic carbocycles. The highest BCUT2D eigenvalue weighted by Crippen LogP contribution is 2.15. The van der Waals surface area contributed by atoms with Gasteiger partial charge in [0.1, 0.15) is 12.4 Å². The molecule has 0 spiro atoms. The summed E-state index contributed by atoms with van der Waals surface area (Å²) in [6, 6.07) is 4.89. The molecule has 0 saturated carbocycles. The zero-order valence-electron chi connectivity index (χ0n) is 6.76. The van der Waals surface area contributed by atoms with Crippen molar-refractivity contribution < 1.29 is 9.13 Å². The maximum atomic E-state index is 13.3. The smallest absolute Gasteiger partial charge is 0.219 e. The summed E-state index contributed by atoms with van der Waals surface area (Å²) in [5.41, 5.74) is 0.462. The molecule has 4 heteroatoms. The SMILES string of the molecule is Fc1ccc(I)cc1C1=NCCO1. The summed E-state index contributed by atoms with van der Waals surface area (Å²) in [5, 5.41) is 0. The zero-order chi connectivity index (χ0) is 9.26. The first-order valence-electron chi connectivity index (χ1n) is 3.90. The van der Waals surface area contributed by atoms with E-state index in [0.717, 1.165) is 3.57 Å². The Balaban J connectivity index is 2.43. The van der Waals surface area contributed by atoms with Crippen molar-refractivity contribution in [2.24, 2.45) is 4.99 Å². The standard InChI is InChI=1S/C9H7FINO/c10-8-2-1-6(11)5-7(8)9-12-3-4-13-9/h1-2,5H,3-4H2. The Morgan fingerprint density at radius 1 is 1.46 bits per heavy atom. The van der Waals surface area contributed by atoms with Crippen molar-refractivity contribution in [3.05, 3.63) is 33.1 Å². The van der Waals surface area contributed by atoms with Gasteiger partial charge in [0, 0.05) is 3.57 Å². The Morgan fingerprint density at radius 2 is 2.31 bits per heavy atom.